The van der Waals surface area contributed by atoms with Gasteiger partial charge in [0, 0.05) is 6.54 Å². The minimum atomic E-state index is -2.29. The van der Waals surface area contributed by atoms with Crippen molar-refractivity contribution < 1.29 is 36.6 Å². The van der Waals surface area contributed by atoms with Crippen LogP contribution in [0.15, 0.2) is 0 Å². The molecule has 0 saturated carbocycles. The number of anilines is 1. The number of aliphatic carboxylic acids is 1. The van der Waals surface area contributed by atoms with Crippen molar-refractivity contribution in [3.8, 4) is 0 Å². The van der Waals surface area contributed by atoms with E-state index in [1.807, 2.05) is 0 Å². The van der Waals surface area contributed by atoms with Crippen molar-refractivity contribution in [3.63, 3.8) is 0 Å². The monoisotopic (exact) mass is 297 g/mol. The van der Waals surface area contributed by atoms with Crippen molar-refractivity contribution in [3.05, 3.63) is 29.1 Å². The van der Waals surface area contributed by atoms with E-state index in [2.05, 4.69) is 0 Å². The van der Waals surface area contributed by atoms with Crippen molar-refractivity contribution in [2.45, 2.75) is 6.04 Å². The molecular weight excluding hydrogens is 289 g/mol. The molecule has 2 rings (SSSR count). The summed E-state index contributed by atoms with van der Waals surface area (Å²) in [6.45, 7) is -0.826. The lowest BCUT2D eigenvalue weighted by molar-refractivity contribution is -0.141. The van der Waals surface area contributed by atoms with E-state index in [1.165, 1.54) is 0 Å². The van der Waals surface area contributed by atoms with E-state index >= 15 is 0 Å². The molecule has 0 bridgehead atoms. The van der Waals surface area contributed by atoms with E-state index in [-0.39, 0.29) is 13.2 Å². The largest absolute Gasteiger partial charge is 0.480 e. The zero-order chi connectivity index (χ0) is 15.0. The Balaban J connectivity index is 2.59. The number of morpholine rings is 1. The zero-order valence-corrected chi connectivity index (χ0v) is 9.80. The molecule has 1 saturated heterocycles. The Hall–Kier alpha value is -1.90. The number of nitrogens with zero attached hydrogens (tertiary/aromatic N) is 1. The average Bonchev–Trinajstić information content (AvgIpc) is 2.43. The predicted octanol–water partition coefficient (Wildman–Crippen LogP) is 1.67. The molecule has 20 heavy (non-hydrogen) atoms. The van der Waals surface area contributed by atoms with E-state index in [1.54, 1.807) is 0 Å². The Bertz CT molecular complexity index is 536. The van der Waals surface area contributed by atoms with Crippen LogP contribution < -0.4 is 4.90 Å². The van der Waals surface area contributed by atoms with E-state index in [0.29, 0.717) is 4.90 Å². The summed E-state index contributed by atoms with van der Waals surface area (Å²) >= 11 is 0. The smallest absolute Gasteiger partial charge is 0.328 e. The van der Waals surface area contributed by atoms with E-state index in [4.69, 9.17) is 9.84 Å². The van der Waals surface area contributed by atoms with Gasteiger partial charge in [-0.05, 0) is 0 Å². The summed E-state index contributed by atoms with van der Waals surface area (Å²) in [5, 5.41) is 8.92. The van der Waals surface area contributed by atoms with Crippen molar-refractivity contribution in [2.24, 2.45) is 0 Å². The first-order valence-electron chi connectivity index (χ1n) is 5.44. The first kappa shape index (κ1) is 14.5. The summed E-state index contributed by atoms with van der Waals surface area (Å²) in [7, 11) is 0. The van der Waals surface area contributed by atoms with Crippen molar-refractivity contribution in [2.75, 3.05) is 24.7 Å². The lowest BCUT2D eigenvalue weighted by atomic mass is 10.1. The van der Waals surface area contributed by atoms with Crippen LogP contribution in [0.1, 0.15) is 0 Å². The summed E-state index contributed by atoms with van der Waals surface area (Å²) in [6, 6.07) is -1.53. The molecule has 0 spiro atoms. The summed E-state index contributed by atoms with van der Waals surface area (Å²) in [5.74, 6) is -12.1. The molecule has 1 fully saturated rings. The van der Waals surface area contributed by atoms with E-state index in [9.17, 15) is 26.7 Å². The Morgan fingerprint density at radius 3 is 2.05 bits per heavy atom. The van der Waals surface area contributed by atoms with Gasteiger partial charge in [-0.25, -0.2) is 26.7 Å². The van der Waals surface area contributed by atoms with Crippen molar-refractivity contribution in [1.29, 1.82) is 0 Å². The molecule has 110 valence electrons. The number of ether oxygens (including phenoxy) is 1. The summed E-state index contributed by atoms with van der Waals surface area (Å²) in [5.41, 5.74) is -1.25. The third-order valence-electron chi connectivity index (χ3n) is 2.89. The van der Waals surface area contributed by atoms with E-state index in [0.717, 1.165) is 0 Å². The van der Waals surface area contributed by atoms with Gasteiger partial charge in [-0.15, -0.1) is 0 Å². The van der Waals surface area contributed by atoms with Gasteiger partial charge < -0.3 is 14.7 Å². The Kier molecular flexibility index (Phi) is 3.80. The normalized spacial score (nSPS) is 19.2. The topological polar surface area (TPSA) is 49.8 Å². The standard InChI is InChI=1S/C11H8F5NO3/c12-5-6(13)8(15)10(9(16)7(5)14)17-1-2-20-3-4(17)11(18)19/h4H,1-3H2,(H,18,19). The summed E-state index contributed by atoms with van der Waals surface area (Å²) in [4.78, 5) is 11.6. The summed E-state index contributed by atoms with van der Waals surface area (Å²) < 4.78 is 71.3. The molecule has 4 nitrogen and oxygen atoms in total. The molecule has 1 atom stereocenters. The second-order valence-electron chi connectivity index (χ2n) is 4.04. The van der Waals surface area contributed by atoms with Crippen LogP contribution in [0.25, 0.3) is 0 Å². The van der Waals surface area contributed by atoms with Gasteiger partial charge in [0.25, 0.3) is 0 Å². The maximum absolute atomic E-state index is 13.6. The number of hydrogen-bond acceptors (Lipinski definition) is 3. The Morgan fingerprint density at radius 1 is 1.05 bits per heavy atom. The minimum absolute atomic E-state index is 0.0940. The molecule has 1 aliphatic heterocycles. The first-order valence-corrected chi connectivity index (χ1v) is 5.44. The second-order valence-corrected chi connectivity index (χ2v) is 4.04. The van der Waals surface area contributed by atoms with Crippen LogP contribution in [-0.4, -0.2) is 36.9 Å². The van der Waals surface area contributed by atoms with Gasteiger partial charge in [0.1, 0.15) is 5.69 Å². The highest BCUT2D eigenvalue weighted by Crippen LogP contribution is 2.32. The molecule has 1 N–H and O–H groups in total. The Morgan fingerprint density at radius 2 is 1.55 bits per heavy atom. The van der Waals surface area contributed by atoms with Gasteiger partial charge >= 0.3 is 5.97 Å². The molecule has 0 amide bonds. The van der Waals surface area contributed by atoms with Crippen molar-refractivity contribution in [1.82, 2.24) is 0 Å². The first-order chi connectivity index (χ1) is 9.36. The molecule has 1 aliphatic rings. The quantitative estimate of drug-likeness (QED) is 0.512. The van der Waals surface area contributed by atoms with E-state index < -0.39 is 53.4 Å². The minimum Gasteiger partial charge on any atom is -0.480 e. The SMILES string of the molecule is O=C(O)C1COCCN1c1c(F)c(F)c(F)c(F)c1F. The molecule has 1 aromatic carbocycles. The van der Waals surface area contributed by atoms with Gasteiger partial charge in [0.15, 0.2) is 29.3 Å². The lowest BCUT2D eigenvalue weighted by Gasteiger charge is -2.35. The molecule has 9 heteroatoms. The fraction of sp³-hybridized carbons (Fsp3) is 0.364. The molecule has 1 unspecified atom stereocenters. The molecule has 1 aromatic rings. The van der Waals surface area contributed by atoms with Gasteiger partial charge in [0.05, 0.1) is 13.2 Å². The third-order valence-corrected chi connectivity index (χ3v) is 2.89. The number of carbonyl (C=O) groups is 1. The number of rotatable bonds is 2. The maximum Gasteiger partial charge on any atom is 0.328 e. The van der Waals surface area contributed by atoms with Crippen LogP contribution in [0.4, 0.5) is 27.6 Å². The molecule has 0 aliphatic carbocycles. The highest BCUT2D eigenvalue weighted by molar-refractivity contribution is 5.79. The number of halogens is 5. The van der Waals surface area contributed by atoms with Crippen LogP contribution in [0.2, 0.25) is 0 Å². The van der Waals surface area contributed by atoms with Gasteiger partial charge in [-0.2, -0.15) is 0 Å². The summed E-state index contributed by atoms with van der Waals surface area (Å²) in [6.07, 6.45) is 0. The maximum atomic E-state index is 13.6. The number of carboxylic acids is 1. The van der Waals surface area contributed by atoms with Crippen LogP contribution in [-0.2, 0) is 9.53 Å². The fourth-order valence-electron chi connectivity index (χ4n) is 1.92. The van der Waals surface area contributed by atoms with Gasteiger partial charge in [-0.1, -0.05) is 0 Å². The number of hydrogen-bond donors (Lipinski definition) is 1. The van der Waals surface area contributed by atoms with Crippen molar-refractivity contribution >= 4 is 11.7 Å². The highest BCUT2D eigenvalue weighted by Gasteiger charge is 2.36. The zero-order valence-electron chi connectivity index (χ0n) is 9.80. The number of carboxylic acid groups (broad SMARTS) is 1. The average molecular weight is 297 g/mol. The molecule has 0 radical (unpaired) electrons. The Labute approximate surface area is 109 Å². The highest BCUT2D eigenvalue weighted by atomic mass is 19.2. The van der Waals surface area contributed by atoms with Gasteiger partial charge in [0.2, 0.25) is 5.82 Å². The van der Waals surface area contributed by atoms with Crippen LogP contribution >= 0.6 is 0 Å². The van der Waals surface area contributed by atoms with Crippen LogP contribution in [0.3, 0.4) is 0 Å². The lowest BCUT2D eigenvalue weighted by Crippen LogP contribution is -2.51. The predicted molar refractivity (Wildman–Crippen MR) is 55.8 cm³/mol. The third kappa shape index (κ3) is 2.17. The molecular formula is C11H8F5NO3. The fourth-order valence-corrected chi connectivity index (χ4v) is 1.92. The molecule has 0 aromatic heterocycles. The van der Waals surface area contributed by atoms with Gasteiger partial charge in [-0.3, -0.25) is 0 Å². The molecule has 1 heterocycles. The second kappa shape index (κ2) is 5.23. The van der Waals surface area contributed by atoms with Crippen LogP contribution in [0, 0.1) is 29.1 Å². The van der Waals surface area contributed by atoms with Crippen LogP contribution in [0.5, 0.6) is 0 Å². The number of benzene rings is 1.